The molecular weight excluding hydrogens is 887 g/mol. The third-order valence-corrected chi connectivity index (χ3v) is 10.9. The minimum Gasteiger partial charge on any atom is -0.508 e. The molecule has 0 radical (unpaired) electrons. The molecule has 0 fully saturated rings. The summed E-state index contributed by atoms with van der Waals surface area (Å²) >= 11 is 0. The van der Waals surface area contributed by atoms with Crippen molar-refractivity contribution in [2.45, 2.75) is 91.1 Å². The van der Waals surface area contributed by atoms with Crippen LogP contribution in [0.1, 0.15) is 74.2 Å². The van der Waals surface area contributed by atoms with Gasteiger partial charge in [0.15, 0.2) is 0 Å². The average molecular weight is 938 g/mol. The first kappa shape index (κ1) is 48.2. The molecule has 0 saturated heterocycles. The van der Waals surface area contributed by atoms with Crippen LogP contribution in [0, 0.1) is 0 Å². The van der Waals surface area contributed by atoms with Gasteiger partial charge in [-0.05, 0) is 81.6 Å². The van der Waals surface area contributed by atoms with E-state index in [0.29, 0.717) is 53.2 Å². The molecule has 1 atom stereocenters. The highest BCUT2D eigenvalue weighted by molar-refractivity contribution is 5.95. The third-order valence-electron chi connectivity index (χ3n) is 10.9. The van der Waals surface area contributed by atoms with E-state index in [2.05, 4.69) is 31.6 Å². The summed E-state index contributed by atoms with van der Waals surface area (Å²) in [6.07, 6.45) is 0.130. The van der Waals surface area contributed by atoms with Crippen LogP contribution in [0.15, 0.2) is 59.5 Å². The lowest BCUT2D eigenvalue weighted by Gasteiger charge is -2.32. The van der Waals surface area contributed by atoms with Gasteiger partial charge in [-0.3, -0.25) is 24.0 Å². The van der Waals surface area contributed by atoms with E-state index in [1.807, 2.05) is 20.8 Å². The molecule has 0 saturated carbocycles. The van der Waals surface area contributed by atoms with Crippen molar-refractivity contribution in [2.75, 3.05) is 31.7 Å². The van der Waals surface area contributed by atoms with E-state index in [1.54, 1.807) is 71.8 Å². The third kappa shape index (κ3) is 11.6. The highest BCUT2D eigenvalue weighted by Gasteiger charge is 2.38. The van der Waals surface area contributed by atoms with Crippen molar-refractivity contribution < 1.29 is 57.6 Å². The highest BCUT2D eigenvalue weighted by Crippen LogP contribution is 2.39. The molecule has 0 bridgehead atoms. The van der Waals surface area contributed by atoms with E-state index < -0.39 is 65.9 Å². The number of carbonyl (C=O) groups excluding carboxylic acids is 6. The number of rotatable bonds is 20. The summed E-state index contributed by atoms with van der Waals surface area (Å²) in [6.45, 7) is 8.39. The van der Waals surface area contributed by atoms with Crippen LogP contribution < -0.4 is 26.8 Å². The minimum absolute atomic E-state index is 0.0977. The molecule has 4 amide bonds. The Kier molecular flexibility index (Phi) is 14.5. The molecule has 2 aliphatic rings. The molecule has 3 aromatic heterocycles. The van der Waals surface area contributed by atoms with Crippen LogP contribution in [0.25, 0.3) is 22.3 Å². The largest absolute Gasteiger partial charge is 0.509 e. The van der Waals surface area contributed by atoms with Crippen molar-refractivity contribution in [3.05, 3.63) is 98.6 Å². The number of anilines is 1. The summed E-state index contributed by atoms with van der Waals surface area (Å²) in [5, 5.41) is 29.3. The number of amides is 4. The lowest BCUT2D eigenvalue weighted by molar-refractivity contribution is -0.159. The monoisotopic (exact) mass is 937 g/mol. The second-order valence-electron chi connectivity index (χ2n) is 17.4. The maximum absolute atomic E-state index is 13.8. The number of nitrogens with one attached hydrogen (secondary N) is 4. The van der Waals surface area contributed by atoms with Crippen LogP contribution in [0.2, 0.25) is 0 Å². The Hall–Kier alpha value is -7.72. The van der Waals surface area contributed by atoms with E-state index in [0.717, 1.165) is 16.5 Å². The van der Waals surface area contributed by atoms with Gasteiger partial charge in [-0.1, -0.05) is 24.3 Å². The number of aromatic nitrogens is 5. The summed E-state index contributed by atoms with van der Waals surface area (Å²) in [6, 6.07) is 12.7. The summed E-state index contributed by atoms with van der Waals surface area (Å²) in [4.78, 5) is 92.4. The highest BCUT2D eigenvalue weighted by atomic mass is 16.7. The van der Waals surface area contributed by atoms with Gasteiger partial charge in [0.05, 0.1) is 72.6 Å². The Morgan fingerprint density at radius 1 is 0.985 bits per heavy atom. The van der Waals surface area contributed by atoms with Crippen LogP contribution in [-0.2, 0) is 86.9 Å². The lowest BCUT2D eigenvalue weighted by atomic mass is 9.97. The van der Waals surface area contributed by atoms with Crippen LogP contribution in [-0.4, -0.2) is 103 Å². The number of fused-ring (bicyclic) bond motifs is 5. The van der Waals surface area contributed by atoms with Gasteiger partial charge < -0.3 is 54.6 Å². The number of esters is 1. The number of ether oxygens (including phenoxy) is 5. The normalized spacial score (nSPS) is 14.0. The number of hydrogen-bond acceptors (Lipinski definition) is 16. The summed E-state index contributed by atoms with van der Waals surface area (Å²) in [5.41, 5.74) is 3.33. The van der Waals surface area contributed by atoms with Gasteiger partial charge in [0.25, 0.3) is 5.56 Å². The number of aryl methyl sites for hydroxylation is 1. The van der Waals surface area contributed by atoms with E-state index in [4.69, 9.17) is 28.7 Å². The average Bonchev–Trinajstić information content (AvgIpc) is 3.90. The second kappa shape index (κ2) is 20.4. The molecule has 1 unspecified atom stereocenters. The Morgan fingerprint density at radius 3 is 2.50 bits per heavy atom. The van der Waals surface area contributed by atoms with E-state index in [9.17, 15) is 38.7 Å². The molecule has 0 spiro atoms. The smallest absolute Gasteiger partial charge is 0.508 e. The van der Waals surface area contributed by atoms with Crippen molar-refractivity contribution in [2.24, 2.45) is 0 Å². The number of phenols is 1. The maximum Gasteiger partial charge on any atom is 0.509 e. The number of cyclic esters (lactones) is 1. The van der Waals surface area contributed by atoms with Crippen molar-refractivity contribution in [3.63, 3.8) is 0 Å². The number of nitrogens with zero attached hydrogens (tertiary/aromatic N) is 5. The molecular formula is C46H51N9O13. The first-order valence-corrected chi connectivity index (χ1v) is 21.6. The minimum atomic E-state index is -1.57. The van der Waals surface area contributed by atoms with Crippen molar-refractivity contribution in [1.82, 2.24) is 40.5 Å². The van der Waals surface area contributed by atoms with Gasteiger partial charge >= 0.3 is 12.1 Å². The molecule has 5 N–H and O–H groups in total. The van der Waals surface area contributed by atoms with E-state index >= 15 is 0 Å². The first-order valence-electron chi connectivity index (χ1n) is 21.6. The number of aromatic hydroxyl groups is 1. The molecule has 22 nitrogen and oxygen atoms in total. The second-order valence-corrected chi connectivity index (χ2v) is 17.4. The molecule has 5 heterocycles. The molecule has 0 aliphatic carbocycles. The fourth-order valence-corrected chi connectivity index (χ4v) is 7.73. The van der Waals surface area contributed by atoms with Crippen molar-refractivity contribution in [3.8, 4) is 17.1 Å². The molecule has 2 aliphatic heterocycles. The van der Waals surface area contributed by atoms with Crippen LogP contribution in [0.4, 0.5) is 10.5 Å². The number of hydrogen-bond donors (Lipinski definition) is 5. The lowest BCUT2D eigenvalue weighted by Crippen LogP contribution is -2.50. The number of phenolic OH excluding ortho intramolecular Hbond substituents is 1. The molecule has 358 valence electrons. The first-order chi connectivity index (χ1) is 32.4. The SMILES string of the molecule is CCc1c2c(nc3ccc(O)cc13)-c1cc3c(c(=O)n1C2)COC(=O)C3OC(=O)OCc1ccc(NC(=O)CNC(=O)COCC(=O)NC(C)(C)COC(C)(C)Cn2cc(CNC=O)nn2)cc1. The summed E-state index contributed by atoms with van der Waals surface area (Å²) in [5.74, 6) is -2.42. The van der Waals surface area contributed by atoms with Crippen molar-refractivity contribution in [1.29, 1.82) is 0 Å². The van der Waals surface area contributed by atoms with E-state index in [1.165, 1.54) is 6.07 Å². The van der Waals surface area contributed by atoms with Gasteiger partial charge in [0.2, 0.25) is 30.2 Å². The quantitative estimate of drug-likeness (QED) is 0.0543. The molecule has 22 heteroatoms. The fraction of sp³-hybridized carbons (Fsp3) is 0.391. The van der Waals surface area contributed by atoms with Gasteiger partial charge in [-0.15, -0.1) is 5.10 Å². The standard InChI is InChI=1S/C46H51N9O13/c1-6-30-31-13-29(57)11-12-35(31)50-40-33(30)18-55-36(40)14-32-34(42(55)61)20-65-43(62)41(32)68-44(63)66-19-26-7-9-27(10-8-26)49-37(58)16-48-38(59)21-64-22-39(60)51-45(2,3)24-67-46(4,5)23-54-17-28(52-53-54)15-47-25-56/h7-14,17,25,41,57H,6,15-16,18-24H2,1-5H3,(H,47,56)(H,48,59)(H,49,58)(H,51,60). The molecule has 68 heavy (non-hydrogen) atoms. The van der Waals surface area contributed by atoms with Crippen LogP contribution >= 0.6 is 0 Å². The number of pyridine rings is 2. The van der Waals surface area contributed by atoms with E-state index in [-0.39, 0.29) is 56.3 Å². The summed E-state index contributed by atoms with van der Waals surface area (Å²) < 4.78 is 30.4. The fourth-order valence-electron chi connectivity index (χ4n) is 7.73. The topological polar surface area (TPSA) is 283 Å². The Morgan fingerprint density at radius 2 is 1.75 bits per heavy atom. The zero-order valence-electron chi connectivity index (χ0n) is 38.0. The van der Waals surface area contributed by atoms with Gasteiger partial charge in [-0.25, -0.2) is 19.3 Å². The van der Waals surface area contributed by atoms with Crippen molar-refractivity contribution >= 4 is 52.8 Å². The molecule has 5 aromatic rings. The number of carbonyl (C=O) groups is 6. The van der Waals surface area contributed by atoms with Gasteiger partial charge in [0, 0.05) is 22.2 Å². The van der Waals surface area contributed by atoms with Gasteiger partial charge in [-0.2, -0.15) is 0 Å². The Balaban J connectivity index is 0.824. The Bertz CT molecular complexity index is 2820. The molecule has 2 aromatic carbocycles. The zero-order valence-corrected chi connectivity index (χ0v) is 38.0. The van der Waals surface area contributed by atoms with Crippen LogP contribution in [0.5, 0.6) is 5.75 Å². The Labute approximate surface area is 388 Å². The van der Waals surface area contributed by atoms with Crippen LogP contribution in [0.3, 0.4) is 0 Å². The summed E-state index contributed by atoms with van der Waals surface area (Å²) in [7, 11) is 0. The van der Waals surface area contributed by atoms with Gasteiger partial charge in [0.1, 0.15) is 37.9 Å². The predicted molar refractivity (Wildman–Crippen MR) is 239 cm³/mol. The molecule has 7 rings (SSSR count). The maximum atomic E-state index is 13.8. The zero-order chi connectivity index (χ0) is 48.8. The number of benzene rings is 2. The predicted octanol–water partition coefficient (Wildman–Crippen LogP) is 2.44.